The Balaban J connectivity index is 0. The summed E-state index contributed by atoms with van der Waals surface area (Å²) in [4.78, 5) is 30.4. The van der Waals surface area contributed by atoms with Gasteiger partial charge in [0.25, 0.3) is 0 Å². The fourth-order valence-corrected chi connectivity index (χ4v) is 1.40. The van der Waals surface area contributed by atoms with Crippen LogP contribution in [-0.2, 0) is 19.1 Å². The van der Waals surface area contributed by atoms with E-state index in [0.717, 1.165) is 19.3 Å². The second-order valence-electron chi connectivity index (χ2n) is 4.97. The lowest BCUT2D eigenvalue weighted by molar-refractivity contribution is -0.147. The van der Waals surface area contributed by atoms with E-state index < -0.39 is 18.0 Å². The molecule has 8 heteroatoms. The number of hydrogen-bond acceptors (Lipinski definition) is 6. The van der Waals surface area contributed by atoms with Crippen molar-refractivity contribution in [1.29, 1.82) is 0 Å². The summed E-state index contributed by atoms with van der Waals surface area (Å²) in [7, 11) is 0. The van der Waals surface area contributed by atoms with E-state index in [-0.39, 0.29) is 32.0 Å². The Bertz CT molecular complexity index is 315. The number of hydrogen-bond donors (Lipinski definition) is 4. The smallest absolute Gasteiger partial charge is 0.305 e. The van der Waals surface area contributed by atoms with Crippen LogP contribution in [0, 0.1) is 0 Å². The Morgan fingerprint density at radius 2 is 1.43 bits per heavy atom. The second-order valence-corrected chi connectivity index (χ2v) is 4.97. The Kier molecular flexibility index (Phi) is 17.1. The minimum Gasteiger partial charge on any atom is -0.481 e. The van der Waals surface area contributed by atoms with Gasteiger partial charge in [-0.1, -0.05) is 32.6 Å². The quantitative estimate of drug-likeness (QED) is 0.307. The molecular weight excluding hydrogens is 308 g/mol. The fraction of sp³-hybridized carbons (Fsp3) is 0.800. The van der Waals surface area contributed by atoms with Gasteiger partial charge in [0.15, 0.2) is 0 Å². The number of carboxylic acid groups (broad SMARTS) is 2. The number of aliphatic hydroxyl groups is 2. The van der Waals surface area contributed by atoms with Gasteiger partial charge in [-0.15, -0.1) is 0 Å². The standard InChI is InChI=1S/C11H22O4.C4H6O4/c1-2-3-4-5-6-7-11(14)15-9-10(13)8-12;5-3(6)1-2-4(7)8/h10,12-13H,2-9H2,1H3;1-2H2,(H,5,6)(H,7,8). The zero-order valence-corrected chi connectivity index (χ0v) is 13.6. The van der Waals surface area contributed by atoms with E-state index in [1.165, 1.54) is 12.8 Å². The number of ether oxygens (including phenoxy) is 1. The molecule has 0 aromatic carbocycles. The summed E-state index contributed by atoms with van der Waals surface area (Å²) in [5.41, 5.74) is 0. The van der Waals surface area contributed by atoms with Gasteiger partial charge in [0.05, 0.1) is 19.4 Å². The predicted molar refractivity (Wildman–Crippen MR) is 81.9 cm³/mol. The highest BCUT2D eigenvalue weighted by molar-refractivity contribution is 5.75. The van der Waals surface area contributed by atoms with Crippen LogP contribution in [0.3, 0.4) is 0 Å². The van der Waals surface area contributed by atoms with Gasteiger partial charge in [-0.2, -0.15) is 0 Å². The van der Waals surface area contributed by atoms with Crippen LogP contribution >= 0.6 is 0 Å². The largest absolute Gasteiger partial charge is 0.481 e. The number of aliphatic carboxylic acids is 2. The third-order valence-corrected chi connectivity index (χ3v) is 2.68. The summed E-state index contributed by atoms with van der Waals surface area (Å²) < 4.78 is 4.75. The van der Waals surface area contributed by atoms with Gasteiger partial charge < -0.3 is 25.2 Å². The van der Waals surface area contributed by atoms with Crippen LogP contribution in [0.4, 0.5) is 0 Å². The van der Waals surface area contributed by atoms with Crippen molar-refractivity contribution in [2.45, 2.75) is 64.4 Å². The van der Waals surface area contributed by atoms with E-state index in [1.807, 2.05) is 0 Å². The third-order valence-electron chi connectivity index (χ3n) is 2.68. The first kappa shape index (κ1) is 23.6. The molecule has 1 atom stereocenters. The first-order valence-electron chi connectivity index (χ1n) is 7.71. The summed E-state index contributed by atoms with van der Waals surface area (Å²) in [6.45, 7) is 1.67. The molecule has 0 spiro atoms. The van der Waals surface area contributed by atoms with Crippen LogP contribution in [0.25, 0.3) is 0 Å². The number of unbranched alkanes of at least 4 members (excludes halogenated alkanes) is 4. The monoisotopic (exact) mass is 336 g/mol. The number of esters is 1. The average Bonchev–Trinajstić information content (AvgIpc) is 2.51. The van der Waals surface area contributed by atoms with Crippen molar-refractivity contribution < 1.29 is 39.5 Å². The highest BCUT2D eigenvalue weighted by Crippen LogP contribution is 2.05. The van der Waals surface area contributed by atoms with Crippen molar-refractivity contribution in [3.05, 3.63) is 0 Å². The van der Waals surface area contributed by atoms with Gasteiger partial charge >= 0.3 is 17.9 Å². The maximum absolute atomic E-state index is 11.1. The first-order valence-corrected chi connectivity index (χ1v) is 7.71. The molecule has 136 valence electrons. The molecule has 0 aromatic heterocycles. The van der Waals surface area contributed by atoms with Crippen LogP contribution < -0.4 is 0 Å². The van der Waals surface area contributed by atoms with Crippen LogP contribution in [0.15, 0.2) is 0 Å². The zero-order chi connectivity index (χ0) is 18.1. The van der Waals surface area contributed by atoms with Gasteiger partial charge in [0.2, 0.25) is 0 Å². The minimum atomic E-state index is -1.08. The Morgan fingerprint density at radius 3 is 1.87 bits per heavy atom. The Labute approximate surface area is 136 Å². The lowest BCUT2D eigenvalue weighted by Gasteiger charge is -2.08. The number of carboxylic acids is 2. The topological polar surface area (TPSA) is 141 Å². The predicted octanol–water partition coefficient (Wildman–Crippen LogP) is 1.18. The number of carbonyl (C=O) groups is 3. The lowest BCUT2D eigenvalue weighted by atomic mass is 10.1. The highest BCUT2D eigenvalue weighted by Gasteiger charge is 2.07. The van der Waals surface area contributed by atoms with E-state index >= 15 is 0 Å². The molecule has 23 heavy (non-hydrogen) atoms. The first-order chi connectivity index (χ1) is 10.8. The molecule has 0 rings (SSSR count). The molecule has 0 radical (unpaired) electrons. The van der Waals surface area contributed by atoms with Crippen LogP contribution in [-0.4, -0.2) is 57.7 Å². The maximum Gasteiger partial charge on any atom is 0.305 e. The molecule has 0 aliphatic carbocycles. The molecule has 0 saturated carbocycles. The number of carbonyl (C=O) groups excluding carboxylic acids is 1. The van der Waals surface area contributed by atoms with Gasteiger partial charge in [-0.25, -0.2) is 0 Å². The Morgan fingerprint density at radius 1 is 0.913 bits per heavy atom. The molecule has 0 bridgehead atoms. The molecule has 0 aliphatic rings. The average molecular weight is 336 g/mol. The van der Waals surface area contributed by atoms with Crippen molar-refractivity contribution >= 4 is 17.9 Å². The molecule has 0 saturated heterocycles. The van der Waals surface area contributed by atoms with Crippen LogP contribution in [0.1, 0.15) is 58.3 Å². The van der Waals surface area contributed by atoms with Gasteiger partial charge in [0, 0.05) is 6.42 Å². The molecule has 0 aromatic rings. The summed E-state index contributed by atoms with van der Waals surface area (Å²) in [5, 5.41) is 33.2. The van der Waals surface area contributed by atoms with Gasteiger partial charge in [0.1, 0.15) is 12.7 Å². The van der Waals surface area contributed by atoms with Crippen molar-refractivity contribution in [1.82, 2.24) is 0 Å². The minimum absolute atomic E-state index is 0.107. The van der Waals surface area contributed by atoms with Crippen LogP contribution in [0.2, 0.25) is 0 Å². The third kappa shape index (κ3) is 22.7. The van der Waals surface area contributed by atoms with Crippen molar-refractivity contribution in [3.8, 4) is 0 Å². The normalized spacial score (nSPS) is 11.1. The zero-order valence-electron chi connectivity index (χ0n) is 13.6. The summed E-state index contributed by atoms with van der Waals surface area (Å²) >= 11 is 0. The summed E-state index contributed by atoms with van der Waals surface area (Å²) in [6.07, 6.45) is 4.30. The van der Waals surface area contributed by atoms with E-state index in [4.69, 9.17) is 25.2 Å². The molecular formula is C15H28O8. The van der Waals surface area contributed by atoms with E-state index in [2.05, 4.69) is 6.92 Å². The van der Waals surface area contributed by atoms with Gasteiger partial charge in [-0.3, -0.25) is 14.4 Å². The lowest BCUT2D eigenvalue weighted by Crippen LogP contribution is -2.21. The van der Waals surface area contributed by atoms with E-state index in [0.29, 0.717) is 6.42 Å². The van der Waals surface area contributed by atoms with Crippen LogP contribution in [0.5, 0.6) is 0 Å². The maximum atomic E-state index is 11.1. The molecule has 0 aliphatic heterocycles. The summed E-state index contributed by atoms with van der Waals surface area (Å²) in [6, 6.07) is 0. The SMILES string of the molecule is CCCCCCCC(=O)OCC(O)CO.O=C(O)CCC(=O)O. The number of aliphatic hydroxyl groups excluding tert-OH is 2. The van der Waals surface area contributed by atoms with Crippen molar-refractivity contribution in [2.75, 3.05) is 13.2 Å². The molecule has 8 nitrogen and oxygen atoms in total. The fourth-order valence-electron chi connectivity index (χ4n) is 1.40. The highest BCUT2D eigenvalue weighted by atomic mass is 16.5. The molecule has 4 N–H and O–H groups in total. The molecule has 0 heterocycles. The summed E-state index contributed by atoms with van der Waals surface area (Å²) in [5.74, 6) is -2.45. The van der Waals surface area contributed by atoms with Crippen molar-refractivity contribution in [2.24, 2.45) is 0 Å². The molecule has 0 fully saturated rings. The van der Waals surface area contributed by atoms with E-state index in [9.17, 15) is 14.4 Å². The number of rotatable bonds is 12. The van der Waals surface area contributed by atoms with Gasteiger partial charge in [-0.05, 0) is 6.42 Å². The second kappa shape index (κ2) is 16.7. The molecule has 1 unspecified atom stereocenters. The Hall–Kier alpha value is -1.67. The van der Waals surface area contributed by atoms with E-state index in [1.54, 1.807) is 0 Å². The molecule has 0 amide bonds. The van der Waals surface area contributed by atoms with Crippen molar-refractivity contribution in [3.63, 3.8) is 0 Å².